The van der Waals surface area contributed by atoms with Crippen LogP contribution in [0, 0.1) is 0 Å². The third-order valence-corrected chi connectivity index (χ3v) is 4.93. The van der Waals surface area contributed by atoms with Gasteiger partial charge in [0.05, 0.1) is 6.61 Å². The second-order valence-corrected chi connectivity index (χ2v) is 6.68. The molecule has 124 valence electrons. The third kappa shape index (κ3) is 4.26. The molecule has 1 fully saturated rings. The molecule has 0 aliphatic heterocycles. The van der Waals surface area contributed by atoms with Crippen molar-refractivity contribution in [1.82, 2.24) is 5.32 Å². The van der Waals surface area contributed by atoms with Gasteiger partial charge in [-0.1, -0.05) is 62.9 Å². The molecule has 0 bridgehead atoms. The van der Waals surface area contributed by atoms with Gasteiger partial charge in [0, 0.05) is 18.2 Å². The Bertz CT molecular complexity index is 616. The Kier molecular flexibility index (Phi) is 5.93. The lowest BCUT2D eigenvalue weighted by Crippen LogP contribution is -2.25. The minimum absolute atomic E-state index is 0.682. The number of hydrogen-bond donors (Lipinski definition) is 1. The third-order valence-electron chi connectivity index (χ3n) is 4.93. The van der Waals surface area contributed by atoms with E-state index in [1.54, 1.807) is 0 Å². The zero-order valence-electron chi connectivity index (χ0n) is 14.3. The summed E-state index contributed by atoms with van der Waals surface area (Å²) in [5.74, 6) is 1.06. The summed E-state index contributed by atoms with van der Waals surface area (Å²) in [6, 6.07) is 13.7. The molecule has 1 saturated carbocycles. The molecule has 23 heavy (non-hydrogen) atoms. The number of ether oxygens (including phenoxy) is 1. The fraction of sp³-hybridized carbons (Fsp3) is 0.524. The molecule has 0 aromatic heterocycles. The first-order valence-corrected chi connectivity index (χ1v) is 9.25. The Labute approximate surface area is 140 Å². The lowest BCUT2D eigenvalue weighted by atomic mass is 10.0. The lowest BCUT2D eigenvalue weighted by molar-refractivity contribution is 0.302. The van der Waals surface area contributed by atoms with Crippen LogP contribution in [0.4, 0.5) is 0 Å². The second-order valence-electron chi connectivity index (χ2n) is 6.68. The number of hydrogen-bond acceptors (Lipinski definition) is 2. The van der Waals surface area contributed by atoms with Crippen LogP contribution >= 0.6 is 0 Å². The average molecular weight is 311 g/mol. The number of unbranched alkanes of at least 4 members (excludes halogenated alkanes) is 2. The van der Waals surface area contributed by atoms with Crippen LogP contribution in [0.25, 0.3) is 10.8 Å². The molecule has 2 aromatic rings. The molecule has 3 rings (SSSR count). The van der Waals surface area contributed by atoms with Gasteiger partial charge < -0.3 is 10.1 Å². The van der Waals surface area contributed by atoms with Crippen molar-refractivity contribution in [1.29, 1.82) is 0 Å². The highest BCUT2D eigenvalue weighted by Gasteiger charge is 2.16. The predicted octanol–water partition coefficient (Wildman–Crippen LogP) is 5.44. The van der Waals surface area contributed by atoms with Crippen molar-refractivity contribution < 1.29 is 4.74 Å². The van der Waals surface area contributed by atoms with Crippen molar-refractivity contribution in [3.63, 3.8) is 0 Å². The fourth-order valence-corrected chi connectivity index (χ4v) is 3.54. The van der Waals surface area contributed by atoms with E-state index in [1.165, 1.54) is 54.9 Å². The highest BCUT2D eigenvalue weighted by Crippen LogP contribution is 2.29. The van der Waals surface area contributed by atoms with E-state index >= 15 is 0 Å². The molecule has 2 heteroatoms. The van der Waals surface area contributed by atoms with Crippen molar-refractivity contribution in [2.75, 3.05) is 6.61 Å². The Balaban J connectivity index is 1.77. The quantitative estimate of drug-likeness (QED) is 0.655. The van der Waals surface area contributed by atoms with Crippen LogP contribution < -0.4 is 10.1 Å². The number of benzene rings is 2. The van der Waals surface area contributed by atoms with Gasteiger partial charge in [-0.3, -0.25) is 0 Å². The molecule has 2 aromatic carbocycles. The molecule has 1 aliphatic carbocycles. The van der Waals surface area contributed by atoms with E-state index in [0.717, 1.165) is 25.3 Å². The second kappa shape index (κ2) is 8.35. The van der Waals surface area contributed by atoms with Gasteiger partial charge in [-0.2, -0.15) is 0 Å². The number of nitrogens with one attached hydrogen (secondary N) is 1. The van der Waals surface area contributed by atoms with Crippen LogP contribution in [-0.4, -0.2) is 12.6 Å². The molecule has 0 unspecified atom stereocenters. The largest absolute Gasteiger partial charge is 0.493 e. The highest BCUT2D eigenvalue weighted by molar-refractivity contribution is 5.87. The average Bonchev–Trinajstić information content (AvgIpc) is 3.10. The molecule has 1 aliphatic rings. The molecule has 2 nitrogen and oxygen atoms in total. The maximum atomic E-state index is 6.12. The summed E-state index contributed by atoms with van der Waals surface area (Å²) in [4.78, 5) is 0. The minimum Gasteiger partial charge on any atom is -0.493 e. The first kappa shape index (κ1) is 16.3. The van der Waals surface area contributed by atoms with Crippen LogP contribution in [0.15, 0.2) is 36.4 Å². The molecule has 1 N–H and O–H groups in total. The SMILES string of the molecule is CCCCCOc1ccc2ccccc2c1CNC1CCCC1. The number of rotatable bonds is 8. The summed E-state index contributed by atoms with van der Waals surface area (Å²) in [6.07, 6.45) is 8.98. The van der Waals surface area contributed by atoms with Gasteiger partial charge >= 0.3 is 0 Å². The van der Waals surface area contributed by atoms with Crippen LogP contribution in [0.2, 0.25) is 0 Å². The molecule has 0 amide bonds. The van der Waals surface area contributed by atoms with Crippen LogP contribution in [0.5, 0.6) is 5.75 Å². The maximum Gasteiger partial charge on any atom is 0.124 e. The van der Waals surface area contributed by atoms with Crippen molar-refractivity contribution in [3.05, 3.63) is 42.0 Å². The van der Waals surface area contributed by atoms with Crippen LogP contribution in [0.1, 0.15) is 57.4 Å². The van der Waals surface area contributed by atoms with Gasteiger partial charge in [-0.15, -0.1) is 0 Å². The van der Waals surface area contributed by atoms with E-state index in [-0.39, 0.29) is 0 Å². The normalized spacial score (nSPS) is 15.3. The van der Waals surface area contributed by atoms with Gasteiger partial charge in [-0.25, -0.2) is 0 Å². The summed E-state index contributed by atoms with van der Waals surface area (Å²) in [6.45, 7) is 3.96. The molecule has 0 spiro atoms. The lowest BCUT2D eigenvalue weighted by Gasteiger charge is -2.17. The monoisotopic (exact) mass is 311 g/mol. The molecule has 0 heterocycles. The van der Waals surface area contributed by atoms with E-state index < -0.39 is 0 Å². The molecule has 0 atom stereocenters. The van der Waals surface area contributed by atoms with Gasteiger partial charge in [-0.05, 0) is 36.1 Å². The van der Waals surface area contributed by atoms with E-state index in [4.69, 9.17) is 4.74 Å². The van der Waals surface area contributed by atoms with E-state index in [2.05, 4.69) is 48.6 Å². The first-order chi connectivity index (χ1) is 11.4. The summed E-state index contributed by atoms with van der Waals surface area (Å²) in [5.41, 5.74) is 1.33. The van der Waals surface area contributed by atoms with E-state index in [9.17, 15) is 0 Å². The van der Waals surface area contributed by atoms with E-state index in [0.29, 0.717) is 6.04 Å². The maximum absolute atomic E-state index is 6.12. The Morgan fingerprint density at radius 1 is 1.04 bits per heavy atom. The number of fused-ring (bicyclic) bond motifs is 1. The van der Waals surface area contributed by atoms with Gasteiger partial charge in [0.25, 0.3) is 0 Å². The van der Waals surface area contributed by atoms with Crippen molar-refractivity contribution in [2.24, 2.45) is 0 Å². The smallest absolute Gasteiger partial charge is 0.124 e. The van der Waals surface area contributed by atoms with Crippen molar-refractivity contribution in [3.8, 4) is 5.75 Å². The van der Waals surface area contributed by atoms with Gasteiger partial charge in [0.2, 0.25) is 0 Å². The van der Waals surface area contributed by atoms with Crippen molar-refractivity contribution in [2.45, 2.75) is 64.5 Å². The fourth-order valence-electron chi connectivity index (χ4n) is 3.54. The summed E-state index contributed by atoms with van der Waals surface area (Å²) < 4.78 is 6.12. The molecular weight excluding hydrogens is 282 g/mol. The van der Waals surface area contributed by atoms with Crippen LogP contribution in [0.3, 0.4) is 0 Å². The predicted molar refractivity (Wildman–Crippen MR) is 98.1 cm³/mol. The van der Waals surface area contributed by atoms with Crippen LogP contribution in [-0.2, 0) is 6.54 Å². The minimum atomic E-state index is 0.682. The zero-order chi connectivity index (χ0) is 15.9. The Hall–Kier alpha value is -1.54. The van der Waals surface area contributed by atoms with E-state index in [1.807, 2.05) is 0 Å². The van der Waals surface area contributed by atoms with Gasteiger partial charge in [0.1, 0.15) is 5.75 Å². The Morgan fingerprint density at radius 2 is 1.87 bits per heavy atom. The van der Waals surface area contributed by atoms with Crippen molar-refractivity contribution >= 4 is 10.8 Å². The Morgan fingerprint density at radius 3 is 2.70 bits per heavy atom. The first-order valence-electron chi connectivity index (χ1n) is 9.25. The highest BCUT2D eigenvalue weighted by atomic mass is 16.5. The standard InChI is InChI=1S/C21H29NO/c1-2-3-8-15-23-21-14-13-17-9-4-7-12-19(17)20(21)16-22-18-10-5-6-11-18/h4,7,9,12-14,18,22H,2-3,5-6,8,10-11,15-16H2,1H3. The molecular formula is C21H29NO. The zero-order valence-corrected chi connectivity index (χ0v) is 14.3. The van der Waals surface area contributed by atoms with Gasteiger partial charge in [0.15, 0.2) is 0 Å². The summed E-state index contributed by atoms with van der Waals surface area (Å²) in [5, 5.41) is 6.38. The molecule has 0 saturated heterocycles. The topological polar surface area (TPSA) is 21.3 Å². The summed E-state index contributed by atoms with van der Waals surface area (Å²) in [7, 11) is 0. The summed E-state index contributed by atoms with van der Waals surface area (Å²) >= 11 is 0. The molecule has 0 radical (unpaired) electrons.